The molecule has 1 nitrogen and oxygen atoms in total. The van der Waals surface area contributed by atoms with Gasteiger partial charge in [0.05, 0.1) is 0 Å². The number of fused-ring (bicyclic) bond motifs is 5. The molecule has 0 saturated heterocycles. The standard InChI is InChI=1S/C36H22O/c1-2-6-23(7-3-1)25-14-17-30-28(20-25)12-13-29-21-26(15-18-31(29)30)27-16-19-34-33(22-27)32-10-4-8-24-9-5-11-35(37-34)36(24)32/h1-22H. The molecule has 7 aromatic carbocycles. The molecule has 0 atom stereocenters. The third-order valence-electron chi connectivity index (χ3n) is 7.63. The van der Waals surface area contributed by atoms with Crippen LogP contribution in [0.4, 0.5) is 0 Å². The molecule has 1 aliphatic rings. The van der Waals surface area contributed by atoms with E-state index in [2.05, 4.69) is 133 Å². The number of benzene rings is 7. The molecular weight excluding hydrogens is 448 g/mol. The van der Waals surface area contributed by atoms with Crippen molar-refractivity contribution in [1.82, 2.24) is 0 Å². The molecule has 0 bridgehead atoms. The molecule has 0 saturated carbocycles. The number of rotatable bonds is 2. The normalized spacial score (nSPS) is 12.0. The lowest BCUT2D eigenvalue weighted by Crippen LogP contribution is -1.97. The highest BCUT2D eigenvalue weighted by Crippen LogP contribution is 2.47. The van der Waals surface area contributed by atoms with Gasteiger partial charge in [0.1, 0.15) is 11.5 Å². The monoisotopic (exact) mass is 470 g/mol. The van der Waals surface area contributed by atoms with Crippen LogP contribution in [-0.4, -0.2) is 0 Å². The van der Waals surface area contributed by atoms with Crippen molar-refractivity contribution in [2.75, 3.05) is 0 Å². The van der Waals surface area contributed by atoms with Crippen molar-refractivity contribution in [2.45, 2.75) is 0 Å². The Kier molecular flexibility index (Phi) is 4.29. The summed E-state index contributed by atoms with van der Waals surface area (Å²) in [5.74, 6) is 1.84. The number of ether oxygens (including phenoxy) is 1. The summed E-state index contributed by atoms with van der Waals surface area (Å²) >= 11 is 0. The van der Waals surface area contributed by atoms with Crippen LogP contribution < -0.4 is 4.74 Å². The van der Waals surface area contributed by atoms with E-state index in [0.29, 0.717) is 0 Å². The van der Waals surface area contributed by atoms with Gasteiger partial charge >= 0.3 is 0 Å². The Bertz CT molecular complexity index is 1990. The van der Waals surface area contributed by atoms with E-state index in [4.69, 9.17) is 4.74 Å². The van der Waals surface area contributed by atoms with Crippen molar-refractivity contribution in [1.29, 1.82) is 0 Å². The van der Waals surface area contributed by atoms with Crippen molar-refractivity contribution in [3.8, 4) is 44.9 Å². The summed E-state index contributed by atoms with van der Waals surface area (Å²) in [5.41, 5.74) is 7.28. The van der Waals surface area contributed by atoms with E-state index in [0.717, 1.165) is 17.1 Å². The molecule has 1 heteroatoms. The highest BCUT2D eigenvalue weighted by Gasteiger charge is 2.20. The topological polar surface area (TPSA) is 9.23 Å². The van der Waals surface area contributed by atoms with Gasteiger partial charge in [-0.1, -0.05) is 103 Å². The number of hydrogen-bond acceptors (Lipinski definition) is 1. The minimum atomic E-state index is 0.913. The fraction of sp³-hybridized carbons (Fsp3) is 0. The molecule has 0 N–H and O–H groups in total. The fourth-order valence-electron chi connectivity index (χ4n) is 5.80. The van der Waals surface area contributed by atoms with Gasteiger partial charge < -0.3 is 4.74 Å². The van der Waals surface area contributed by atoms with Gasteiger partial charge in [-0.05, 0) is 85.1 Å². The Morgan fingerprint density at radius 1 is 0.351 bits per heavy atom. The van der Waals surface area contributed by atoms with Crippen LogP contribution in [0.5, 0.6) is 11.5 Å². The van der Waals surface area contributed by atoms with Crippen molar-refractivity contribution in [3.05, 3.63) is 133 Å². The zero-order valence-electron chi connectivity index (χ0n) is 20.1. The van der Waals surface area contributed by atoms with E-state index in [1.54, 1.807) is 0 Å². The second-order valence-corrected chi connectivity index (χ2v) is 9.78. The largest absolute Gasteiger partial charge is 0.456 e. The molecule has 0 amide bonds. The molecule has 0 aliphatic carbocycles. The molecule has 8 rings (SSSR count). The first-order valence-electron chi connectivity index (χ1n) is 12.7. The van der Waals surface area contributed by atoms with Crippen molar-refractivity contribution < 1.29 is 4.74 Å². The third-order valence-corrected chi connectivity index (χ3v) is 7.63. The second-order valence-electron chi connectivity index (χ2n) is 9.78. The lowest BCUT2D eigenvalue weighted by Gasteiger charge is -2.22. The van der Waals surface area contributed by atoms with Gasteiger partial charge in [0.15, 0.2) is 0 Å². The molecule has 0 aromatic heterocycles. The predicted octanol–water partition coefficient (Wildman–Crippen LogP) is 10.3. The minimum Gasteiger partial charge on any atom is -0.456 e. The van der Waals surface area contributed by atoms with E-state index >= 15 is 0 Å². The molecule has 0 radical (unpaired) electrons. The Balaban J connectivity index is 1.24. The Morgan fingerprint density at radius 3 is 1.76 bits per heavy atom. The maximum absolute atomic E-state index is 6.30. The quantitative estimate of drug-likeness (QED) is 0.228. The van der Waals surface area contributed by atoms with E-state index in [-0.39, 0.29) is 0 Å². The summed E-state index contributed by atoms with van der Waals surface area (Å²) in [5, 5.41) is 7.47. The first kappa shape index (κ1) is 20.3. The first-order chi connectivity index (χ1) is 18.3. The fourth-order valence-corrected chi connectivity index (χ4v) is 5.80. The lowest BCUT2D eigenvalue weighted by molar-refractivity contribution is 0.487. The van der Waals surface area contributed by atoms with Gasteiger partial charge in [-0.25, -0.2) is 0 Å². The second kappa shape index (κ2) is 7.81. The Morgan fingerprint density at radius 2 is 1.00 bits per heavy atom. The summed E-state index contributed by atoms with van der Waals surface area (Å²) < 4.78 is 6.30. The Labute approximate surface area is 215 Å². The highest BCUT2D eigenvalue weighted by molar-refractivity contribution is 6.10. The first-order valence-corrected chi connectivity index (χ1v) is 12.7. The van der Waals surface area contributed by atoms with Crippen LogP contribution in [0.3, 0.4) is 0 Å². The van der Waals surface area contributed by atoms with Gasteiger partial charge in [-0.3, -0.25) is 0 Å². The van der Waals surface area contributed by atoms with Gasteiger partial charge in [0, 0.05) is 10.9 Å². The van der Waals surface area contributed by atoms with Crippen LogP contribution in [-0.2, 0) is 0 Å². The van der Waals surface area contributed by atoms with E-state index in [1.807, 2.05) is 0 Å². The van der Waals surface area contributed by atoms with Crippen molar-refractivity contribution in [3.63, 3.8) is 0 Å². The summed E-state index contributed by atoms with van der Waals surface area (Å²) in [6.07, 6.45) is 0. The smallest absolute Gasteiger partial charge is 0.135 e. The molecule has 7 aromatic rings. The van der Waals surface area contributed by atoms with Gasteiger partial charge in [-0.2, -0.15) is 0 Å². The molecule has 37 heavy (non-hydrogen) atoms. The van der Waals surface area contributed by atoms with Crippen LogP contribution in [0.25, 0.3) is 65.7 Å². The molecule has 0 fully saturated rings. The van der Waals surface area contributed by atoms with Gasteiger partial charge in [-0.15, -0.1) is 0 Å². The predicted molar refractivity (Wildman–Crippen MR) is 155 cm³/mol. The maximum Gasteiger partial charge on any atom is 0.135 e. The molecule has 1 aliphatic heterocycles. The lowest BCUT2D eigenvalue weighted by atomic mass is 9.91. The summed E-state index contributed by atoms with van der Waals surface area (Å²) in [6.45, 7) is 0. The van der Waals surface area contributed by atoms with Crippen LogP contribution >= 0.6 is 0 Å². The average molecular weight is 471 g/mol. The van der Waals surface area contributed by atoms with E-state index < -0.39 is 0 Å². The van der Waals surface area contributed by atoms with Gasteiger partial charge in [0.25, 0.3) is 0 Å². The van der Waals surface area contributed by atoms with Crippen LogP contribution in [0.15, 0.2) is 133 Å². The third kappa shape index (κ3) is 3.18. The highest BCUT2D eigenvalue weighted by atomic mass is 16.5. The van der Waals surface area contributed by atoms with Crippen LogP contribution in [0.2, 0.25) is 0 Å². The molecule has 0 unspecified atom stereocenters. The summed E-state index contributed by atoms with van der Waals surface area (Å²) in [4.78, 5) is 0. The van der Waals surface area contributed by atoms with Gasteiger partial charge in [0.2, 0.25) is 0 Å². The van der Waals surface area contributed by atoms with Crippen LogP contribution in [0, 0.1) is 0 Å². The van der Waals surface area contributed by atoms with E-state index in [9.17, 15) is 0 Å². The molecule has 1 heterocycles. The van der Waals surface area contributed by atoms with Crippen molar-refractivity contribution >= 4 is 32.3 Å². The molecule has 172 valence electrons. The number of hydrogen-bond donors (Lipinski definition) is 0. The Hall–Kier alpha value is -4.88. The summed E-state index contributed by atoms with van der Waals surface area (Å²) in [7, 11) is 0. The summed E-state index contributed by atoms with van der Waals surface area (Å²) in [6, 6.07) is 47.9. The van der Waals surface area contributed by atoms with Crippen molar-refractivity contribution in [2.24, 2.45) is 0 Å². The average Bonchev–Trinajstić information content (AvgIpc) is 2.97. The zero-order valence-corrected chi connectivity index (χ0v) is 20.1. The molecule has 0 spiro atoms. The minimum absolute atomic E-state index is 0.913. The molecular formula is C36H22O. The maximum atomic E-state index is 6.30. The van der Waals surface area contributed by atoms with Crippen LogP contribution in [0.1, 0.15) is 0 Å². The SMILES string of the molecule is c1ccc(-c2ccc3c(ccc4cc(-c5ccc6c(c5)-c5cccc7cccc(c57)O6)ccc43)c2)cc1. The van der Waals surface area contributed by atoms with E-state index in [1.165, 1.54) is 60.1 Å². The zero-order chi connectivity index (χ0) is 24.3.